The molecule has 0 amide bonds. The van der Waals surface area contributed by atoms with Gasteiger partial charge in [0.1, 0.15) is 17.3 Å². The Hall–Kier alpha value is -3.93. The summed E-state index contributed by atoms with van der Waals surface area (Å²) in [6, 6.07) is 6.67. The SMILES string of the molecule is COc1cc(C2C(C#N)=C(N)Oc3c2c(=O)[nH]c2c3c(C)nn2C)ccc1O. The molecule has 9 heteroatoms. The number of nitrogens with one attached hydrogen (secondary N) is 1. The second-order valence-corrected chi connectivity index (χ2v) is 6.49. The molecule has 1 atom stereocenters. The Balaban J connectivity index is 2.09. The second kappa shape index (κ2) is 6.06. The van der Waals surface area contributed by atoms with Crippen LogP contribution in [0, 0.1) is 18.3 Å². The van der Waals surface area contributed by atoms with Crippen molar-refractivity contribution < 1.29 is 14.6 Å². The Kier molecular flexibility index (Phi) is 3.78. The van der Waals surface area contributed by atoms with Crippen molar-refractivity contribution in [2.75, 3.05) is 7.11 Å². The molecule has 1 unspecified atom stereocenters. The van der Waals surface area contributed by atoms with E-state index < -0.39 is 11.5 Å². The lowest BCUT2D eigenvalue weighted by Crippen LogP contribution is -2.28. The Morgan fingerprint density at radius 2 is 2.21 bits per heavy atom. The van der Waals surface area contributed by atoms with Gasteiger partial charge >= 0.3 is 0 Å². The maximum atomic E-state index is 13.0. The highest BCUT2D eigenvalue weighted by Gasteiger charge is 2.36. The second-order valence-electron chi connectivity index (χ2n) is 6.49. The Bertz CT molecular complexity index is 1260. The minimum Gasteiger partial charge on any atom is -0.504 e. The van der Waals surface area contributed by atoms with E-state index in [0.717, 1.165) is 0 Å². The quantitative estimate of drug-likeness (QED) is 0.613. The lowest BCUT2D eigenvalue weighted by molar-refractivity contribution is 0.372. The third-order valence-electron chi connectivity index (χ3n) is 4.88. The topological polar surface area (TPSA) is 139 Å². The Morgan fingerprint density at radius 3 is 2.89 bits per heavy atom. The first-order valence-electron chi connectivity index (χ1n) is 8.41. The fraction of sp³-hybridized carbons (Fsp3) is 0.211. The zero-order valence-electron chi connectivity index (χ0n) is 15.4. The smallest absolute Gasteiger partial charge is 0.257 e. The van der Waals surface area contributed by atoms with Crippen LogP contribution in [-0.4, -0.2) is 27.0 Å². The van der Waals surface area contributed by atoms with Gasteiger partial charge in [-0.05, 0) is 24.6 Å². The van der Waals surface area contributed by atoms with E-state index in [-0.39, 0.29) is 34.3 Å². The molecule has 4 rings (SSSR count). The number of aromatic hydroxyl groups is 1. The minimum absolute atomic E-state index is 0.0542. The largest absolute Gasteiger partial charge is 0.504 e. The van der Waals surface area contributed by atoms with Crippen molar-refractivity contribution >= 4 is 11.0 Å². The molecule has 0 spiro atoms. The van der Waals surface area contributed by atoms with Gasteiger partial charge in [0.15, 0.2) is 17.2 Å². The summed E-state index contributed by atoms with van der Waals surface area (Å²) in [5, 5.41) is 24.5. The average molecular weight is 379 g/mol. The molecule has 0 saturated carbocycles. The van der Waals surface area contributed by atoms with Crippen molar-refractivity contribution in [3.8, 4) is 23.3 Å². The zero-order chi connectivity index (χ0) is 20.2. The summed E-state index contributed by atoms with van der Waals surface area (Å²) in [5.41, 5.74) is 7.70. The van der Waals surface area contributed by atoms with Crippen LogP contribution in [0.5, 0.6) is 17.2 Å². The normalized spacial score (nSPS) is 15.9. The maximum Gasteiger partial charge on any atom is 0.257 e. The number of aryl methyl sites for hydroxylation is 2. The van der Waals surface area contributed by atoms with E-state index in [2.05, 4.69) is 10.1 Å². The average Bonchev–Trinajstić information content (AvgIpc) is 2.94. The number of pyridine rings is 1. The molecule has 142 valence electrons. The van der Waals surface area contributed by atoms with Crippen molar-refractivity contribution in [1.82, 2.24) is 14.8 Å². The Morgan fingerprint density at radius 1 is 1.46 bits per heavy atom. The molecule has 9 nitrogen and oxygen atoms in total. The van der Waals surface area contributed by atoms with Gasteiger partial charge in [-0.15, -0.1) is 0 Å². The number of ether oxygens (including phenoxy) is 2. The number of H-pyrrole nitrogens is 1. The van der Waals surface area contributed by atoms with Gasteiger partial charge in [0.25, 0.3) is 5.56 Å². The molecule has 0 radical (unpaired) electrons. The van der Waals surface area contributed by atoms with E-state index in [9.17, 15) is 15.2 Å². The van der Waals surface area contributed by atoms with Gasteiger partial charge in [-0.1, -0.05) is 6.07 Å². The number of aromatic nitrogens is 3. The molecule has 3 heterocycles. The number of hydrogen-bond acceptors (Lipinski definition) is 7. The first-order valence-corrected chi connectivity index (χ1v) is 8.41. The monoisotopic (exact) mass is 379 g/mol. The van der Waals surface area contributed by atoms with Crippen LogP contribution in [0.15, 0.2) is 34.4 Å². The van der Waals surface area contributed by atoms with Crippen LogP contribution in [0.3, 0.4) is 0 Å². The fourth-order valence-electron chi connectivity index (χ4n) is 3.63. The molecule has 0 bridgehead atoms. The van der Waals surface area contributed by atoms with E-state index in [1.54, 1.807) is 30.8 Å². The number of rotatable bonds is 2. The van der Waals surface area contributed by atoms with Crippen LogP contribution in [0.1, 0.15) is 22.7 Å². The summed E-state index contributed by atoms with van der Waals surface area (Å²) in [7, 11) is 3.13. The van der Waals surface area contributed by atoms with Crippen molar-refractivity contribution in [2.45, 2.75) is 12.8 Å². The van der Waals surface area contributed by atoms with Gasteiger partial charge < -0.3 is 25.3 Å². The Labute approximate surface area is 159 Å². The molecule has 1 aliphatic heterocycles. The van der Waals surface area contributed by atoms with Crippen LogP contribution in [-0.2, 0) is 7.05 Å². The molecule has 0 aliphatic carbocycles. The summed E-state index contributed by atoms with van der Waals surface area (Å²) in [6.07, 6.45) is 0. The number of methoxy groups -OCH3 is 1. The first-order chi connectivity index (χ1) is 13.4. The lowest BCUT2D eigenvalue weighted by Gasteiger charge is -2.26. The zero-order valence-corrected chi connectivity index (χ0v) is 15.4. The maximum absolute atomic E-state index is 13.0. The molecule has 1 aliphatic rings. The van der Waals surface area contributed by atoms with Gasteiger partial charge in [-0.2, -0.15) is 10.4 Å². The predicted molar refractivity (Wildman–Crippen MR) is 100 cm³/mol. The van der Waals surface area contributed by atoms with Crippen LogP contribution in [0.2, 0.25) is 0 Å². The van der Waals surface area contributed by atoms with Gasteiger partial charge in [0.05, 0.1) is 29.7 Å². The van der Waals surface area contributed by atoms with Crippen molar-refractivity contribution in [3.63, 3.8) is 0 Å². The van der Waals surface area contributed by atoms with E-state index in [1.165, 1.54) is 13.2 Å². The number of benzene rings is 1. The van der Waals surface area contributed by atoms with Crippen molar-refractivity contribution in [3.05, 3.63) is 56.8 Å². The predicted octanol–water partition coefficient (Wildman–Crippen LogP) is 1.50. The summed E-state index contributed by atoms with van der Waals surface area (Å²) >= 11 is 0. The van der Waals surface area contributed by atoms with Crippen LogP contribution < -0.4 is 20.8 Å². The van der Waals surface area contributed by atoms with Gasteiger partial charge in [0, 0.05) is 7.05 Å². The van der Waals surface area contributed by atoms with Gasteiger partial charge in [-0.3, -0.25) is 9.48 Å². The number of hydrogen-bond donors (Lipinski definition) is 3. The highest BCUT2D eigenvalue weighted by Crippen LogP contribution is 2.44. The van der Waals surface area contributed by atoms with Gasteiger partial charge in [0.2, 0.25) is 5.88 Å². The molecule has 0 fully saturated rings. The number of aromatic amines is 1. The van der Waals surface area contributed by atoms with Crippen molar-refractivity contribution in [2.24, 2.45) is 12.8 Å². The fourth-order valence-corrected chi connectivity index (χ4v) is 3.63. The molecular weight excluding hydrogens is 362 g/mol. The molecule has 1 aromatic carbocycles. The van der Waals surface area contributed by atoms with Crippen molar-refractivity contribution in [1.29, 1.82) is 5.26 Å². The number of allylic oxidation sites excluding steroid dienone is 1. The third kappa shape index (κ3) is 2.31. The standard InChI is InChI=1S/C19H17N5O4/c1-8-13-16-15(19(26)22-18(13)24(2)23-8)14(10(7-20)17(21)28-16)9-4-5-11(25)12(6-9)27-3/h4-6,14,25H,21H2,1-3H3,(H,22,26). The molecule has 3 aromatic rings. The summed E-state index contributed by atoms with van der Waals surface area (Å²) in [6.45, 7) is 1.79. The van der Waals surface area contributed by atoms with Crippen LogP contribution in [0.25, 0.3) is 11.0 Å². The summed E-state index contributed by atoms with van der Waals surface area (Å²) in [4.78, 5) is 15.8. The highest BCUT2D eigenvalue weighted by atomic mass is 16.5. The molecule has 4 N–H and O–H groups in total. The van der Waals surface area contributed by atoms with E-state index in [0.29, 0.717) is 22.3 Å². The number of phenolic OH excluding ortho intramolecular Hbond substituents is 1. The molecule has 28 heavy (non-hydrogen) atoms. The van der Waals surface area contributed by atoms with Gasteiger partial charge in [-0.25, -0.2) is 0 Å². The minimum atomic E-state index is -0.781. The van der Waals surface area contributed by atoms with E-state index in [1.807, 2.05) is 6.07 Å². The number of nitrogens with zero attached hydrogens (tertiary/aromatic N) is 3. The molecular formula is C19H17N5O4. The van der Waals surface area contributed by atoms with Crippen LogP contribution in [0.4, 0.5) is 0 Å². The number of fused-ring (bicyclic) bond motifs is 3. The molecule has 2 aromatic heterocycles. The number of nitrogens with two attached hydrogens (primary N) is 1. The summed E-state index contributed by atoms with van der Waals surface area (Å²) in [5.74, 6) is -0.422. The lowest BCUT2D eigenvalue weighted by atomic mass is 9.83. The third-order valence-corrected chi connectivity index (χ3v) is 4.88. The highest BCUT2D eigenvalue weighted by molar-refractivity contribution is 5.87. The van der Waals surface area contributed by atoms with E-state index in [4.69, 9.17) is 15.2 Å². The first kappa shape index (κ1) is 17.5. The number of phenols is 1. The van der Waals surface area contributed by atoms with E-state index >= 15 is 0 Å². The van der Waals surface area contributed by atoms with Crippen LogP contribution >= 0.6 is 0 Å². The molecule has 0 saturated heterocycles. The number of nitriles is 1. The summed E-state index contributed by atoms with van der Waals surface area (Å²) < 4.78 is 12.5.